The maximum atomic E-state index is 3.82. The van der Waals surface area contributed by atoms with Crippen LogP contribution in [0.5, 0.6) is 0 Å². The lowest BCUT2D eigenvalue weighted by Gasteiger charge is -2.17. The van der Waals surface area contributed by atoms with Gasteiger partial charge in [-0.1, -0.05) is 13.3 Å². The Balaban J connectivity index is 1.70. The van der Waals surface area contributed by atoms with E-state index >= 15 is 0 Å². The molecule has 1 aliphatic carbocycles. The van der Waals surface area contributed by atoms with E-state index in [2.05, 4.69) is 24.0 Å². The molecule has 2 rings (SSSR count). The van der Waals surface area contributed by atoms with E-state index in [-0.39, 0.29) is 0 Å². The van der Waals surface area contributed by atoms with Crippen molar-refractivity contribution in [2.75, 3.05) is 11.5 Å². The fourth-order valence-corrected chi connectivity index (χ4v) is 3.76. The Labute approximate surface area is 86.0 Å². The van der Waals surface area contributed by atoms with E-state index in [0.717, 1.165) is 18.0 Å². The fourth-order valence-electron chi connectivity index (χ4n) is 2.60. The van der Waals surface area contributed by atoms with Gasteiger partial charge in [-0.15, -0.1) is 0 Å². The lowest BCUT2D eigenvalue weighted by Crippen LogP contribution is -2.36. The van der Waals surface area contributed by atoms with E-state index in [1.807, 2.05) is 0 Å². The van der Waals surface area contributed by atoms with E-state index in [4.69, 9.17) is 0 Å². The molecule has 0 amide bonds. The summed E-state index contributed by atoms with van der Waals surface area (Å²) in [6, 6.07) is 1.69. The molecule has 0 radical (unpaired) electrons. The smallest absolute Gasteiger partial charge is 0.0168 e. The van der Waals surface area contributed by atoms with Gasteiger partial charge >= 0.3 is 0 Å². The zero-order chi connectivity index (χ0) is 9.10. The van der Waals surface area contributed by atoms with Crippen LogP contribution >= 0.6 is 11.8 Å². The number of hydrogen-bond donors (Lipinski definition) is 1. The first-order valence-electron chi connectivity index (χ1n) is 5.72. The average Bonchev–Trinajstić information content (AvgIpc) is 2.76. The van der Waals surface area contributed by atoms with Crippen molar-refractivity contribution in [1.82, 2.24) is 5.32 Å². The molecule has 3 atom stereocenters. The monoisotopic (exact) mass is 199 g/mol. The van der Waals surface area contributed by atoms with Crippen molar-refractivity contribution >= 4 is 11.8 Å². The second kappa shape index (κ2) is 4.70. The number of nitrogens with one attached hydrogen (secondary N) is 1. The molecule has 0 spiro atoms. The van der Waals surface area contributed by atoms with Crippen LogP contribution in [0.25, 0.3) is 0 Å². The molecular formula is C11H21NS. The molecule has 1 saturated heterocycles. The molecule has 0 bridgehead atoms. The summed E-state index contributed by atoms with van der Waals surface area (Å²) in [5.41, 5.74) is 0. The van der Waals surface area contributed by atoms with Crippen LogP contribution in [0, 0.1) is 5.92 Å². The van der Waals surface area contributed by atoms with Crippen LogP contribution in [-0.4, -0.2) is 23.6 Å². The second-order valence-corrected chi connectivity index (χ2v) is 5.66. The number of rotatable bonds is 3. The molecule has 1 saturated carbocycles. The molecule has 0 aromatic carbocycles. The molecule has 2 heteroatoms. The van der Waals surface area contributed by atoms with Gasteiger partial charge in [0.05, 0.1) is 0 Å². The minimum Gasteiger partial charge on any atom is -0.310 e. The first-order chi connectivity index (χ1) is 6.38. The van der Waals surface area contributed by atoms with Gasteiger partial charge in [0.15, 0.2) is 0 Å². The zero-order valence-corrected chi connectivity index (χ0v) is 9.41. The third-order valence-electron chi connectivity index (χ3n) is 3.52. The van der Waals surface area contributed by atoms with E-state index < -0.39 is 0 Å². The molecule has 2 aliphatic rings. The maximum absolute atomic E-state index is 3.82. The Morgan fingerprint density at radius 1 is 1.23 bits per heavy atom. The van der Waals surface area contributed by atoms with Crippen molar-refractivity contribution < 1.29 is 0 Å². The van der Waals surface area contributed by atoms with Gasteiger partial charge in [0.2, 0.25) is 0 Å². The molecule has 1 aliphatic heterocycles. The summed E-state index contributed by atoms with van der Waals surface area (Å²) in [6.07, 6.45) is 7.13. The molecule has 1 heterocycles. The minimum atomic E-state index is 0.839. The van der Waals surface area contributed by atoms with Gasteiger partial charge < -0.3 is 5.32 Å². The molecular weight excluding hydrogens is 178 g/mol. The van der Waals surface area contributed by atoms with Crippen molar-refractivity contribution in [2.24, 2.45) is 5.92 Å². The minimum absolute atomic E-state index is 0.839. The Kier molecular flexibility index (Phi) is 3.56. The Bertz CT molecular complexity index is 154. The van der Waals surface area contributed by atoms with Crippen LogP contribution in [-0.2, 0) is 0 Å². The average molecular weight is 199 g/mol. The van der Waals surface area contributed by atoms with E-state index in [0.29, 0.717) is 0 Å². The van der Waals surface area contributed by atoms with Crippen LogP contribution in [0.1, 0.15) is 39.0 Å². The summed E-state index contributed by atoms with van der Waals surface area (Å²) in [6.45, 7) is 2.33. The van der Waals surface area contributed by atoms with Gasteiger partial charge in [0.1, 0.15) is 0 Å². The molecule has 1 N–H and O–H groups in total. The van der Waals surface area contributed by atoms with Crippen LogP contribution in [0.3, 0.4) is 0 Å². The highest BCUT2D eigenvalue weighted by atomic mass is 32.2. The number of hydrogen-bond acceptors (Lipinski definition) is 2. The van der Waals surface area contributed by atoms with Gasteiger partial charge in [-0.3, -0.25) is 0 Å². The second-order valence-electron chi connectivity index (χ2n) is 4.51. The first-order valence-corrected chi connectivity index (χ1v) is 6.87. The van der Waals surface area contributed by atoms with Crippen LogP contribution in [0.4, 0.5) is 0 Å². The maximum Gasteiger partial charge on any atom is 0.0168 e. The third-order valence-corrected chi connectivity index (χ3v) is 4.68. The normalized spacial score (nSPS) is 39.9. The topological polar surface area (TPSA) is 12.0 Å². The van der Waals surface area contributed by atoms with Gasteiger partial charge in [-0.2, -0.15) is 11.8 Å². The highest BCUT2D eigenvalue weighted by Crippen LogP contribution is 2.29. The van der Waals surface area contributed by atoms with Gasteiger partial charge in [-0.25, -0.2) is 0 Å². The zero-order valence-electron chi connectivity index (χ0n) is 8.59. The van der Waals surface area contributed by atoms with Crippen molar-refractivity contribution in [3.8, 4) is 0 Å². The van der Waals surface area contributed by atoms with Crippen molar-refractivity contribution in [3.05, 3.63) is 0 Å². The summed E-state index contributed by atoms with van der Waals surface area (Å²) < 4.78 is 0. The SMILES string of the molecule is CCC1CCC(NC2CCSC2)C1. The van der Waals surface area contributed by atoms with E-state index in [1.165, 1.54) is 43.6 Å². The van der Waals surface area contributed by atoms with Crippen LogP contribution < -0.4 is 5.32 Å². The largest absolute Gasteiger partial charge is 0.310 e. The quantitative estimate of drug-likeness (QED) is 0.750. The molecule has 1 nitrogen and oxygen atoms in total. The summed E-state index contributed by atoms with van der Waals surface area (Å²) in [5.74, 6) is 3.75. The molecule has 13 heavy (non-hydrogen) atoms. The summed E-state index contributed by atoms with van der Waals surface area (Å²) in [5, 5.41) is 3.82. The molecule has 0 aromatic heterocycles. The fraction of sp³-hybridized carbons (Fsp3) is 1.00. The Hall–Kier alpha value is 0.310. The summed E-state index contributed by atoms with van der Waals surface area (Å²) in [4.78, 5) is 0. The van der Waals surface area contributed by atoms with Crippen LogP contribution in [0.15, 0.2) is 0 Å². The van der Waals surface area contributed by atoms with Gasteiger partial charge in [0.25, 0.3) is 0 Å². The number of thioether (sulfide) groups is 1. The lowest BCUT2D eigenvalue weighted by atomic mass is 10.1. The standard InChI is InChI=1S/C11H21NS/c1-2-9-3-4-10(7-9)12-11-5-6-13-8-11/h9-12H,2-8H2,1H3. The molecule has 2 fully saturated rings. The summed E-state index contributed by atoms with van der Waals surface area (Å²) >= 11 is 2.11. The van der Waals surface area contributed by atoms with E-state index in [9.17, 15) is 0 Å². The highest BCUT2D eigenvalue weighted by molar-refractivity contribution is 7.99. The lowest BCUT2D eigenvalue weighted by molar-refractivity contribution is 0.434. The Morgan fingerprint density at radius 2 is 2.15 bits per heavy atom. The predicted molar refractivity (Wildman–Crippen MR) is 60.3 cm³/mol. The van der Waals surface area contributed by atoms with Crippen molar-refractivity contribution in [3.63, 3.8) is 0 Å². The van der Waals surface area contributed by atoms with E-state index in [1.54, 1.807) is 0 Å². The predicted octanol–water partition coefficient (Wildman–Crippen LogP) is 2.66. The molecule has 76 valence electrons. The van der Waals surface area contributed by atoms with Crippen molar-refractivity contribution in [1.29, 1.82) is 0 Å². The Morgan fingerprint density at radius 3 is 2.77 bits per heavy atom. The first kappa shape index (κ1) is 9.85. The van der Waals surface area contributed by atoms with Crippen LogP contribution in [0.2, 0.25) is 0 Å². The van der Waals surface area contributed by atoms with Gasteiger partial charge in [0, 0.05) is 17.8 Å². The van der Waals surface area contributed by atoms with Gasteiger partial charge in [-0.05, 0) is 37.4 Å². The highest BCUT2D eigenvalue weighted by Gasteiger charge is 2.26. The third kappa shape index (κ3) is 2.63. The molecule has 0 aromatic rings. The molecule has 3 unspecified atom stereocenters. The van der Waals surface area contributed by atoms with Crippen molar-refractivity contribution in [2.45, 2.75) is 51.1 Å². The summed E-state index contributed by atoms with van der Waals surface area (Å²) in [7, 11) is 0.